The van der Waals surface area contributed by atoms with Crippen molar-refractivity contribution in [1.82, 2.24) is 61.5 Å². The maximum atomic E-state index is 14.4. The first kappa shape index (κ1) is 64.8. The molecule has 26 nitrogen and oxygen atoms in total. The third-order valence-electron chi connectivity index (χ3n) is 14.4. The summed E-state index contributed by atoms with van der Waals surface area (Å²) in [6.45, 7) is 4.95. The quantitative estimate of drug-likeness (QED) is 0.0433. The zero-order valence-corrected chi connectivity index (χ0v) is 53.6. The highest BCUT2D eigenvalue weighted by Crippen LogP contribution is 2.41. The molecule has 10 rings (SSSR count). The van der Waals surface area contributed by atoms with E-state index in [1.165, 1.54) is 41.7 Å². The van der Waals surface area contributed by atoms with E-state index < -0.39 is 90.4 Å². The summed E-state index contributed by atoms with van der Waals surface area (Å²) in [7, 11) is 2.91. The van der Waals surface area contributed by atoms with E-state index in [1.54, 1.807) is 70.9 Å². The summed E-state index contributed by atoms with van der Waals surface area (Å²) in [5.74, 6) is -5.77. The topological polar surface area (TPSA) is 369 Å². The number of carbonyl (C=O) groups is 8. The van der Waals surface area contributed by atoms with Gasteiger partial charge in [0.05, 0.1) is 42.2 Å². The van der Waals surface area contributed by atoms with Crippen LogP contribution in [0.15, 0.2) is 64.0 Å². The fraction of sp³-hybridized carbons (Fsp3) is 0.362. The Hall–Kier alpha value is -8.21. The molecule has 32 heteroatoms. The molecule has 8 aromatic rings. The standard InChI is InChI=1S/C58H59N13O13S6/c1-26(2)42-56-70-45(37(90-56)21-83-5)49(78)60-20-40(73)67-46(47(76)28-11-7-6-8-12-28)55-65-34(24-87-55)53-63-32(22-86-53)44-29(51-64-33(23-85-51)48(77)62-31(19-39(72)59-4)54-69-43(27(3)89-54)50(79)68-42)14-15-30(61-44)52-66-38(25-88-52)71(18-10-9-13-41(74)75)57(80)35-16-17-36(84-35)58(81)82/h6-8,11-12,14-15,22-26,31,35-36,42,46-47,76H,9-10,13,16-21H2,1-5H3,(H,59,72)(H,60,78)(H,62,77)(H,67,73)(H,68,79)(H,74,75)(H,81,82)/t31-,35+,36-,42-,46-,47-/m0/s1. The molecule has 1 fully saturated rings. The van der Waals surface area contributed by atoms with E-state index in [0.29, 0.717) is 75.1 Å². The van der Waals surface area contributed by atoms with E-state index in [9.17, 15) is 53.7 Å². The van der Waals surface area contributed by atoms with Gasteiger partial charge >= 0.3 is 11.9 Å². The molecule has 1 saturated heterocycles. The Kier molecular flexibility index (Phi) is 20.7. The molecule has 10 bridgehead atoms. The van der Waals surface area contributed by atoms with Gasteiger partial charge in [-0.25, -0.2) is 39.7 Å². The van der Waals surface area contributed by atoms with Gasteiger partial charge in [-0.3, -0.25) is 38.5 Å². The van der Waals surface area contributed by atoms with Crippen molar-refractivity contribution in [2.45, 2.75) is 102 Å². The zero-order valence-electron chi connectivity index (χ0n) is 48.7. The molecular formula is C58H59N13O13S6. The minimum Gasteiger partial charge on any atom is -0.481 e. The number of aliphatic hydroxyl groups is 1. The smallest absolute Gasteiger partial charge is 0.332 e. The number of ether oxygens (including phenoxy) is 2. The van der Waals surface area contributed by atoms with Gasteiger partial charge in [-0.15, -0.1) is 68.0 Å². The minimum absolute atomic E-state index is 0.0154. The van der Waals surface area contributed by atoms with Gasteiger partial charge in [0.15, 0.2) is 6.10 Å². The Morgan fingerprint density at radius 1 is 0.711 bits per heavy atom. The monoisotopic (exact) mass is 1340 g/mol. The summed E-state index contributed by atoms with van der Waals surface area (Å²) in [5, 5.41) is 53.7. The second kappa shape index (κ2) is 28.7. The number of benzene rings is 1. The summed E-state index contributed by atoms with van der Waals surface area (Å²) in [6.07, 6.45) is -3.08. The number of unbranched alkanes of at least 4 members (excludes halogenated alkanes) is 1. The van der Waals surface area contributed by atoms with Crippen LogP contribution in [0.1, 0.15) is 138 Å². The molecule has 9 heterocycles. The van der Waals surface area contributed by atoms with E-state index in [0.717, 1.165) is 45.3 Å². The molecule has 2 aliphatic heterocycles. The predicted molar refractivity (Wildman–Crippen MR) is 336 cm³/mol. The molecule has 1 aromatic carbocycles. The zero-order chi connectivity index (χ0) is 63.9. The lowest BCUT2D eigenvalue weighted by Gasteiger charge is -2.23. The average molecular weight is 1340 g/mol. The lowest BCUT2D eigenvalue weighted by Crippen LogP contribution is -2.40. The van der Waals surface area contributed by atoms with Crippen molar-refractivity contribution in [2.24, 2.45) is 5.92 Å². The average Bonchev–Trinajstić information content (AvgIpc) is 1.67. The number of carbonyl (C=O) groups excluding carboxylic acids is 6. The summed E-state index contributed by atoms with van der Waals surface area (Å²) < 4.78 is 11.1. The summed E-state index contributed by atoms with van der Waals surface area (Å²) >= 11 is 6.97. The SMILES string of the molecule is CNC(=O)C[C@@H]1NC(=O)c2csc(n2)-c2ccc(-c3nc(N(CCCCC(=O)O)C(=O)[C@H]4CC[C@@H](C(=O)O)O4)cs3)nc2-c2csc(n2)-c2csc(n2)[C@H]([C@@H](O)c2ccccc2)NC(=O)CNC(=O)c2nc(sc2COC)[C@H](C(C)C)NC(=O)c2nc1sc2C. The number of carboxylic acids is 2. The van der Waals surface area contributed by atoms with Gasteiger partial charge in [-0.2, -0.15) is 0 Å². The summed E-state index contributed by atoms with van der Waals surface area (Å²) in [4.78, 5) is 143. The lowest BCUT2D eigenvalue weighted by molar-refractivity contribution is -0.151. The van der Waals surface area contributed by atoms with Gasteiger partial charge < -0.3 is 51.4 Å². The van der Waals surface area contributed by atoms with Crippen LogP contribution in [0.2, 0.25) is 0 Å². The molecule has 0 unspecified atom stereocenters. The number of carboxylic acid groups (broad SMARTS) is 2. The highest BCUT2D eigenvalue weighted by atomic mass is 32.1. The lowest BCUT2D eigenvalue weighted by atomic mass is 10.0. The number of rotatable bonds is 16. The Balaban J connectivity index is 1.05. The molecule has 90 heavy (non-hydrogen) atoms. The van der Waals surface area contributed by atoms with E-state index in [1.807, 2.05) is 13.8 Å². The number of aliphatic hydroxyl groups excluding tert-OH is 1. The van der Waals surface area contributed by atoms with Crippen molar-refractivity contribution in [3.63, 3.8) is 0 Å². The van der Waals surface area contributed by atoms with Crippen LogP contribution in [-0.4, -0.2) is 137 Å². The number of aliphatic carboxylic acids is 2. The van der Waals surface area contributed by atoms with Gasteiger partial charge in [0, 0.05) is 59.1 Å². The normalized spacial score (nSPS) is 18.5. The second-order valence-corrected chi connectivity index (χ2v) is 26.8. The Morgan fingerprint density at radius 3 is 2.16 bits per heavy atom. The molecule has 470 valence electrons. The molecular weight excluding hydrogens is 1280 g/mol. The molecule has 0 spiro atoms. The molecule has 7 aromatic heterocycles. The van der Waals surface area contributed by atoms with E-state index in [4.69, 9.17) is 39.4 Å². The molecule has 2 aliphatic rings. The van der Waals surface area contributed by atoms with Gasteiger partial charge in [-0.1, -0.05) is 44.2 Å². The highest BCUT2D eigenvalue weighted by Gasteiger charge is 2.39. The molecule has 0 radical (unpaired) electrons. The highest BCUT2D eigenvalue weighted by molar-refractivity contribution is 7.15. The van der Waals surface area contributed by atoms with Crippen molar-refractivity contribution in [2.75, 3.05) is 32.1 Å². The van der Waals surface area contributed by atoms with E-state index >= 15 is 0 Å². The van der Waals surface area contributed by atoms with Crippen LogP contribution >= 0.6 is 68.0 Å². The van der Waals surface area contributed by atoms with Crippen molar-refractivity contribution in [1.29, 1.82) is 0 Å². The van der Waals surface area contributed by atoms with Gasteiger partial charge in [0.2, 0.25) is 11.8 Å². The Labute approximate surface area is 537 Å². The van der Waals surface area contributed by atoms with Crippen LogP contribution in [0.3, 0.4) is 0 Å². The first-order valence-electron chi connectivity index (χ1n) is 28.1. The number of hydrogen-bond donors (Lipinski definition) is 8. The Bertz CT molecular complexity index is 3990. The molecule has 0 aliphatic carbocycles. The predicted octanol–water partition coefficient (Wildman–Crippen LogP) is 7.53. The number of nitrogens with zero attached hydrogens (tertiary/aromatic N) is 8. The maximum Gasteiger partial charge on any atom is 0.332 e. The van der Waals surface area contributed by atoms with Crippen LogP contribution in [0.5, 0.6) is 0 Å². The van der Waals surface area contributed by atoms with Crippen molar-refractivity contribution in [3.8, 4) is 43.4 Å². The second-order valence-electron chi connectivity index (χ2n) is 21.0. The van der Waals surface area contributed by atoms with Gasteiger partial charge in [0.1, 0.15) is 88.3 Å². The molecule has 8 N–H and O–H groups in total. The fourth-order valence-corrected chi connectivity index (χ4v) is 15.3. The Morgan fingerprint density at radius 2 is 1.42 bits per heavy atom. The number of fused-ring (bicyclic) bond motifs is 14. The van der Waals surface area contributed by atoms with Crippen LogP contribution in [0.25, 0.3) is 43.4 Å². The largest absolute Gasteiger partial charge is 0.481 e. The molecule has 6 amide bonds. The molecule has 6 atom stereocenters. The maximum absolute atomic E-state index is 14.4. The first-order valence-corrected chi connectivity index (χ1v) is 33.3. The number of aromatic nitrogens is 7. The number of aryl methyl sites for hydroxylation is 1. The number of anilines is 1. The summed E-state index contributed by atoms with van der Waals surface area (Å²) in [5.41, 5.74) is 2.29. The van der Waals surface area contributed by atoms with Crippen LogP contribution in [-0.2, 0) is 40.1 Å². The number of thiazole rings is 6. The third-order valence-corrected chi connectivity index (χ3v) is 20.1. The van der Waals surface area contributed by atoms with Crippen LogP contribution in [0.4, 0.5) is 5.82 Å². The minimum atomic E-state index is -1.31. The van der Waals surface area contributed by atoms with Crippen molar-refractivity contribution >= 4 is 121 Å². The van der Waals surface area contributed by atoms with Crippen molar-refractivity contribution < 1.29 is 63.1 Å². The van der Waals surface area contributed by atoms with Gasteiger partial charge in [-0.05, 0) is 56.2 Å². The fourth-order valence-electron chi connectivity index (χ4n) is 9.76. The van der Waals surface area contributed by atoms with Gasteiger partial charge in [0.25, 0.3) is 23.6 Å². The van der Waals surface area contributed by atoms with Crippen molar-refractivity contribution in [3.05, 3.63) is 111 Å². The van der Waals surface area contributed by atoms with Crippen LogP contribution in [0, 0.1) is 12.8 Å². The number of nitrogens with one attached hydrogen (secondary N) is 5. The number of amides is 6. The van der Waals surface area contributed by atoms with E-state index in [-0.39, 0.29) is 79.1 Å². The summed E-state index contributed by atoms with van der Waals surface area (Å²) in [6, 6.07) is 9.23. The first-order chi connectivity index (χ1) is 43.3. The van der Waals surface area contributed by atoms with Crippen LogP contribution < -0.4 is 31.5 Å². The number of hydrogen-bond acceptors (Lipinski definition) is 24. The number of pyridine rings is 1. The third kappa shape index (κ3) is 14.8. The van der Waals surface area contributed by atoms with E-state index in [2.05, 4.69) is 31.6 Å². The molecule has 0 saturated carbocycles. The number of methoxy groups -OCH3 is 1.